The predicted molar refractivity (Wildman–Crippen MR) is 77.6 cm³/mol. The van der Waals surface area contributed by atoms with Gasteiger partial charge in [0, 0.05) is 0 Å². The minimum absolute atomic E-state index is 0.219. The second kappa shape index (κ2) is 12.9. The van der Waals surface area contributed by atoms with Crippen molar-refractivity contribution in [1.82, 2.24) is 0 Å². The van der Waals surface area contributed by atoms with Gasteiger partial charge in [0.05, 0.1) is 6.42 Å². The lowest BCUT2D eigenvalue weighted by Gasteiger charge is -2.07. The molecule has 0 saturated heterocycles. The van der Waals surface area contributed by atoms with Crippen molar-refractivity contribution in [3.05, 3.63) is 6.42 Å². The van der Waals surface area contributed by atoms with E-state index in [9.17, 15) is 4.79 Å². The number of unbranched alkanes of at least 4 members (excludes halogenated alkanes) is 9. The van der Waals surface area contributed by atoms with Gasteiger partial charge >= 0.3 is 5.97 Å². The Morgan fingerprint density at radius 1 is 0.944 bits per heavy atom. The van der Waals surface area contributed by atoms with Crippen LogP contribution in [0.4, 0.5) is 0 Å². The third kappa shape index (κ3) is 13.5. The van der Waals surface area contributed by atoms with E-state index in [1.807, 2.05) is 6.92 Å². The number of aliphatic carboxylic acids is 1. The van der Waals surface area contributed by atoms with Crippen LogP contribution < -0.4 is 0 Å². The number of carboxylic acid groups (broad SMARTS) is 1. The summed E-state index contributed by atoms with van der Waals surface area (Å²) in [5.74, 6) is -0.564. The maximum atomic E-state index is 10.4. The van der Waals surface area contributed by atoms with Crippen LogP contribution in [0.1, 0.15) is 84.5 Å². The van der Waals surface area contributed by atoms with Gasteiger partial charge in [-0.15, -0.1) is 0 Å². The molecular weight excluding hydrogens is 224 g/mol. The molecule has 18 heavy (non-hydrogen) atoms. The van der Waals surface area contributed by atoms with Crippen LogP contribution in [-0.4, -0.2) is 11.1 Å². The molecule has 2 nitrogen and oxygen atoms in total. The van der Waals surface area contributed by atoms with E-state index in [1.54, 1.807) is 0 Å². The molecule has 0 aromatic heterocycles. The van der Waals surface area contributed by atoms with E-state index >= 15 is 0 Å². The first-order chi connectivity index (χ1) is 8.66. The van der Waals surface area contributed by atoms with E-state index in [-0.39, 0.29) is 5.92 Å². The minimum Gasteiger partial charge on any atom is -0.481 e. The molecule has 0 aliphatic heterocycles. The van der Waals surface area contributed by atoms with Gasteiger partial charge in [-0.1, -0.05) is 78.1 Å². The van der Waals surface area contributed by atoms with Crippen molar-refractivity contribution in [3.8, 4) is 0 Å². The first-order valence-corrected chi connectivity index (χ1v) is 7.74. The zero-order valence-corrected chi connectivity index (χ0v) is 12.3. The molecule has 0 heterocycles. The Morgan fingerprint density at radius 3 is 1.83 bits per heavy atom. The van der Waals surface area contributed by atoms with Gasteiger partial charge in [0.1, 0.15) is 0 Å². The Bertz CT molecular complexity index is 190. The summed E-state index contributed by atoms with van der Waals surface area (Å²) >= 11 is 0. The fraction of sp³-hybridized carbons (Fsp3) is 0.875. The molecule has 0 bridgehead atoms. The average Bonchev–Trinajstić information content (AvgIpc) is 2.30. The van der Waals surface area contributed by atoms with Gasteiger partial charge in [-0.05, 0) is 12.3 Å². The number of hydrogen-bond acceptors (Lipinski definition) is 1. The van der Waals surface area contributed by atoms with Gasteiger partial charge in [0.25, 0.3) is 0 Å². The SMILES string of the molecule is CCCCCCCCCCCCC(C)[CH]C(=O)O. The molecule has 0 spiro atoms. The first kappa shape index (κ1) is 17.5. The van der Waals surface area contributed by atoms with Crippen molar-refractivity contribution in [3.63, 3.8) is 0 Å². The molecule has 1 N–H and O–H groups in total. The van der Waals surface area contributed by atoms with Crippen LogP contribution >= 0.6 is 0 Å². The summed E-state index contributed by atoms with van der Waals surface area (Å²) in [6, 6.07) is 0. The lowest BCUT2D eigenvalue weighted by Crippen LogP contribution is -2.05. The van der Waals surface area contributed by atoms with E-state index in [0.717, 1.165) is 6.42 Å². The summed E-state index contributed by atoms with van der Waals surface area (Å²) in [6.07, 6.45) is 15.8. The third-order valence-electron chi connectivity index (χ3n) is 3.44. The number of carboxylic acids is 1. The second-order valence-electron chi connectivity index (χ2n) is 5.45. The predicted octanol–water partition coefficient (Wildman–Crippen LogP) is 5.22. The van der Waals surface area contributed by atoms with E-state index in [4.69, 9.17) is 5.11 Å². The summed E-state index contributed by atoms with van der Waals surface area (Å²) < 4.78 is 0. The molecule has 2 heteroatoms. The highest BCUT2D eigenvalue weighted by Gasteiger charge is 2.07. The van der Waals surface area contributed by atoms with Gasteiger partial charge in [-0.3, -0.25) is 4.79 Å². The number of carbonyl (C=O) groups is 1. The highest BCUT2D eigenvalue weighted by Crippen LogP contribution is 2.15. The van der Waals surface area contributed by atoms with Crippen LogP contribution in [0, 0.1) is 12.3 Å². The van der Waals surface area contributed by atoms with Gasteiger partial charge < -0.3 is 5.11 Å². The molecule has 1 atom stereocenters. The van der Waals surface area contributed by atoms with Crippen molar-refractivity contribution in [1.29, 1.82) is 0 Å². The Morgan fingerprint density at radius 2 is 1.39 bits per heavy atom. The van der Waals surface area contributed by atoms with Crippen LogP contribution in [0.5, 0.6) is 0 Å². The molecular formula is C16H31O2. The van der Waals surface area contributed by atoms with Gasteiger partial charge in [0.2, 0.25) is 0 Å². The molecule has 0 amide bonds. The zero-order valence-electron chi connectivity index (χ0n) is 12.3. The molecule has 0 aromatic rings. The Hall–Kier alpha value is -0.530. The maximum absolute atomic E-state index is 10.4. The summed E-state index contributed by atoms with van der Waals surface area (Å²) in [5, 5.41) is 8.59. The summed E-state index contributed by atoms with van der Waals surface area (Å²) in [7, 11) is 0. The molecule has 1 unspecified atom stereocenters. The fourth-order valence-electron chi connectivity index (χ4n) is 2.28. The highest BCUT2D eigenvalue weighted by molar-refractivity contribution is 5.76. The molecule has 0 aromatic carbocycles. The number of hydrogen-bond donors (Lipinski definition) is 1. The average molecular weight is 255 g/mol. The lowest BCUT2D eigenvalue weighted by atomic mass is 9.99. The second-order valence-corrected chi connectivity index (χ2v) is 5.45. The van der Waals surface area contributed by atoms with Gasteiger partial charge in [-0.25, -0.2) is 0 Å². The maximum Gasteiger partial charge on any atom is 0.307 e. The highest BCUT2D eigenvalue weighted by atomic mass is 16.4. The monoisotopic (exact) mass is 255 g/mol. The molecule has 0 rings (SSSR count). The van der Waals surface area contributed by atoms with E-state index in [2.05, 4.69) is 6.92 Å². The van der Waals surface area contributed by atoms with Crippen molar-refractivity contribution in [2.24, 2.45) is 5.92 Å². The first-order valence-electron chi connectivity index (χ1n) is 7.74. The fourth-order valence-corrected chi connectivity index (χ4v) is 2.28. The zero-order chi connectivity index (χ0) is 13.6. The number of rotatable bonds is 13. The largest absolute Gasteiger partial charge is 0.481 e. The van der Waals surface area contributed by atoms with Crippen LogP contribution in [0.25, 0.3) is 0 Å². The smallest absolute Gasteiger partial charge is 0.307 e. The van der Waals surface area contributed by atoms with Crippen molar-refractivity contribution in [2.45, 2.75) is 84.5 Å². The van der Waals surface area contributed by atoms with E-state index in [0.29, 0.717) is 0 Å². The molecule has 107 valence electrons. The normalized spacial score (nSPS) is 12.6. The van der Waals surface area contributed by atoms with E-state index < -0.39 is 5.97 Å². The summed E-state index contributed by atoms with van der Waals surface area (Å²) in [4.78, 5) is 10.4. The van der Waals surface area contributed by atoms with Gasteiger partial charge in [0.15, 0.2) is 0 Å². The van der Waals surface area contributed by atoms with Crippen molar-refractivity contribution in [2.75, 3.05) is 0 Å². The standard InChI is InChI=1S/C16H31O2/c1-3-4-5-6-7-8-9-10-11-12-13-15(2)14-16(17)18/h14-15H,3-13H2,1-2H3,(H,17,18). The van der Waals surface area contributed by atoms with Crippen LogP contribution in [0.3, 0.4) is 0 Å². The summed E-state index contributed by atoms with van der Waals surface area (Å²) in [6.45, 7) is 4.24. The minimum atomic E-state index is -0.783. The van der Waals surface area contributed by atoms with Crippen LogP contribution in [0.15, 0.2) is 0 Å². The van der Waals surface area contributed by atoms with E-state index in [1.165, 1.54) is 70.6 Å². The Labute approximate surface area is 113 Å². The molecule has 0 saturated carbocycles. The third-order valence-corrected chi connectivity index (χ3v) is 3.44. The van der Waals surface area contributed by atoms with Crippen LogP contribution in [-0.2, 0) is 4.79 Å². The summed E-state index contributed by atoms with van der Waals surface area (Å²) in [5.41, 5.74) is 0. The molecule has 0 aliphatic carbocycles. The van der Waals surface area contributed by atoms with Gasteiger partial charge in [-0.2, -0.15) is 0 Å². The lowest BCUT2D eigenvalue weighted by molar-refractivity contribution is -0.133. The quantitative estimate of drug-likeness (QED) is 0.458. The molecule has 0 fully saturated rings. The van der Waals surface area contributed by atoms with Crippen molar-refractivity contribution < 1.29 is 9.90 Å². The van der Waals surface area contributed by atoms with Crippen LogP contribution in [0.2, 0.25) is 0 Å². The topological polar surface area (TPSA) is 37.3 Å². The van der Waals surface area contributed by atoms with Crippen molar-refractivity contribution >= 4 is 5.97 Å². The Balaban J connectivity index is 3.09. The molecule has 1 radical (unpaired) electrons. The molecule has 0 aliphatic rings. The Kier molecular flexibility index (Phi) is 12.5.